The number of anilines is 1. The number of aromatic nitrogens is 4. The number of hydrogen-bond donors (Lipinski definition) is 2. The number of benzene rings is 2. The SMILES string of the molecule is COc1cccc(-c2nnc(NS(=O)(=O)C[C@@H](O)c3ccc(F)cc3)n2-c2c(OC)cccc2OC)n1. The summed E-state index contributed by atoms with van der Waals surface area (Å²) in [6, 6.07) is 14.9. The minimum absolute atomic E-state index is 0.165. The second-order valence-corrected chi connectivity index (χ2v) is 9.48. The molecule has 0 amide bonds. The summed E-state index contributed by atoms with van der Waals surface area (Å²) in [6.45, 7) is 0. The molecule has 0 aliphatic carbocycles. The van der Waals surface area contributed by atoms with Gasteiger partial charge in [0, 0.05) is 6.07 Å². The van der Waals surface area contributed by atoms with Crippen LogP contribution in [-0.2, 0) is 10.0 Å². The van der Waals surface area contributed by atoms with Gasteiger partial charge in [-0.3, -0.25) is 9.29 Å². The van der Waals surface area contributed by atoms with Crippen LogP contribution in [0.3, 0.4) is 0 Å². The van der Waals surface area contributed by atoms with Gasteiger partial charge in [-0.2, -0.15) is 0 Å². The highest BCUT2D eigenvalue weighted by Gasteiger charge is 2.27. The van der Waals surface area contributed by atoms with E-state index in [9.17, 15) is 17.9 Å². The number of aliphatic hydroxyl groups excluding tert-OH is 1. The fourth-order valence-corrected chi connectivity index (χ4v) is 4.70. The smallest absolute Gasteiger partial charge is 0.243 e. The third-order valence-corrected chi connectivity index (χ3v) is 6.58. The Morgan fingerprint density at radius 3 is 2.22 bits per heavy atom. The molecule has 194 valence electrons. The Morgan fingerprint density at radius 2 is 1.59 bits per heavy atom. The molecule has 0 aliphatic rings. The van der Waals surface area contributed by atoms with Crippen molar-refractivity contribution in [3.63, 3.8) is 0 Å². The molecular formula is C24H24FN5O6S. The fraction of sp³-hybridized carbons (Fsp3) is 0.208. The average molecular weight is 530 g/mol. The number of para-hydroxylation sites is 1. The van der Waals surface area contributed by atoms with Crippen LogP contribution < -0.4 is 18.9 Å². The van der Waals surface area contributed by atoms with Crippen LogP contribution in [0.25, 0.3) is 17.2 Å². The molecule has 0 radical (unpaired) electrons. The number of ether oxygens (including phenoxy) is 3. The lowest BCUT2D eigenvalue weighted by molar-refractivity contribution is 0.201. The minimum Gasteiger partial charge on any atom is -0.494 e. The molecule has 0 unspecified atom stereocenters. The van der Waals surface area contributed by atoms with Crippen LogP contribution in [0.4, 0.5) is 10.3 Å². The fourth-order valence-electron chi connectivity index (χ4n) is 3.60. The van der Waals surface area contributed by atoms with Crippen molar-refractivity contribution in [3.05, 3.63) is 72.0 Å². The summed E-state index contributed by atoms with van der Waals surface area (Å²) in [5, 5.41) is 18.7. The van der Waals surface area contributed by atoms with Crippen LogP contribution in [0.5, 0.6) is 17.4 Å². The molecule has 37 heavy (non-hydrogen) atoms. The molecule has 0 fully saturated rings. The summed E-state index contributed by atoms with van der Waals surface area (Å²) in [7, 11) is 0.184. The van der Waals surface area contributed by atoms with Crippen molar-refractivity contribution in [2.24, 2.45) is 0 Å². The lowest BCUT2D eigenvalue weighted by Crippen LogP contribution is -2.23. The highest BCUT2D eigenvalue weighted by atomic mass is 32.2. The van der Waals surface area contributed by atoms with Gasteiger partial charge in [0.2, 0.25) is 21.9 Å². The van der Waals surface area contributed by atoms with E-state index in [0.717, 1.165) is 12.1 Å². The molecule has 11 nitrogen and oxygen atoms in total. The lowest BCUT2D eigenvalue weighted by Gasteiger charge is -2.18. The Kier molecular flexibility index (Phi) is 7.55. The second kappa shape index (κ2) is 10.8. The van der Waals surface area contributed by atoms with E-state index < -0.39 is 27.7 Å². The van der Waals surface area contributed by atoms with Gasteiger partial charge < -0.3 is 19.3 Å². The van der Waals surface area contributed by atoms with Crippen LogP contribution in [0.1, 0.15) is 11.7 Å². The summed E-state index contributed by atoms with van der Waals surface area (Å²) in [5.41, 5.74) is 0.881. The largest absolute Gasteiger partial charge is 0.494 e. The molecule has 0 aliphatic heterocycles. The predicted octanol–water partition coefficient (Wildman–Crippen LogP) is 2.97. The second-order valence-electron chi connectivity index (χ2n) is 7.71. The van der Waals surface area contributed by atoms with Gasteiger partial charge in [-0.05, 0) is 35.9 Å². The van der Waals surface area contributed by atoms with Crippen molar-refractivity contribution < 1.29 is 32.1 Å². The highest BCUT2D eigenvalue weighted by Crippen LogP contribution is 2.37. The monoisotopic (exact) mass is 529 g/mol. The molecule has 4 aromatic rings. The summed E-state index contributed by atoms with van der Waals surface area (Å²) in [5.74, 6) is -0.267. The maximum atomic E-state index is 13.2. The van der Waals surface area contributed by atoms with Gasteiger partial charge in [0.15, 0.2) is 5.82 Å². The Hall–Kier alpha value is -4.23. The first-order valence-electron chi connectivity index (χ1n) is 10.9. The molecule has 2 aromatic carbocycles. The van der Waals surface area contributed by atoms with Gasteiger partial charge in [-0.15, -0.1) is 10.2 Å². The normalized spacial score (nSPS) is 12.1. The molecule has 13 heteroatoms. The quantitative estimate of drug-likeness (QED) is 0.318. The predicted molar refractivity (Wildman–Crippen MR) is 133 cm³/mol. The molecule has 2 N–H and O–H groups in total. The lowest BCUT2D eigenvalue weighted by atomic mass is 10.1. The molecule has 2 heterocycles. The van der Waals surface area contributed by atoms with Crippen LogP contribution >= 0.6 is 0 Å². The number of aliphatic hydroxyl groups is 1. The van der Waals surface area contributed by atoms with E-state index in [0.29, 0.717) is 28.8 Å². The zero-order valence-corrected chi connectivity index (χ0v) is 20.9. The maximum Gasteiger partial charge on any atom is 0.243 e. The third-order valence-electron chi connectivity index (χ3n) is 5.33. The van der Waals surface area contributed by atoms with Crippen molar-refractivity contribution in [3.8, 4) is 34.6 Å². The maximum absolute atomic E-state index is 13.2. The topological polar surface area (TPSA) is 138 Å². The van der Waals surface area contributed by atoms with E-state index in [2.05, 4.69) is 19.9 Å². The third kappa shape index (κ3) is 5.62. The van der Waals surface area contributed by atoms with E-state index in [1.165, 1.54) is 38.0 Å². The van der Waals surface area contributed by atoms with E-state index in [1.54, 1.807) is 36.4 Å². The van der Waals surface area contributed by atoms with E-state index in [-0.39, 0.29) is 17.3 Å². The summed E-state index contributed by atoms with van der Waals surface area (Å²) < 4.78 is 59.4. The summed E-state index contributed by atoms with van der Waals surface area (Å²) in [4.78, 5) is 4.39. The number of pyridine rings is 1. The van der Waals surface area contributed by atoms with Crippen LogP contribution in [-0.4, -0.2) is 60.4 Å². The number of methoxy groups -OCH3 is 3. The van der Waals surface area contributed by atoms with Crippen LogP contribution in [0.15, 0.2) is 60.7 Å². The number of halogens is 1. The minimum atomic E-state index is -4.19. The van der Waals surface area contributed by atoms with Gasteiger partial charge in [0.25, 0.3) is 0 Å². The Bertz CT molecular complexity index is 1470. The molecule has 2 aromatic heterocycles. The molecule has 0 spiro atoms. The standard InChI is InChI=1S/C24H24FN5O6S/c1-34-19-7-5-8-20(35-2)22(19)30-23(17-6-4-9-21(26-17)36-3)27-28-24(30)29-37(32,33)14-18(31)15-10-12-16(25)13-11-15/h4-13,18,31H,14H2,1-3H3,(H,28,29)/t18-/m1/s1. The van der Waals surface area contributed by atoms with Gasteiger partial charge in [-0.1, -0.05) is 24.3 Å². The van der Waals surface area contributed by atoms with Crippen molar-refractivity contribution >= 4 is 16.0 Å². The van der Waals surface area contributed by atoms with Gasteiger partial charge in [0.05, 0.1) is 33.2 Å². The van der Waals surface area contributed by atoms with Crippen molar-refractivity contribution in [1.29, 1.82) is 0 Å². The molecule has 4 rings (SSSR count). The van der Waals surface area contributed by atoms with Crippen molar-refractivity contribution in [2.75, 3.05) is 31.8 Å². The highest BCUT2D eigenvalue weighted by molar-refractivity contribution is 7.92. The molecule has 0 bridgehead atoms. The Morgan fingerprint density at radius 1 is 0.946 bits per heavy atom. The molecule has 0 saturated carbocycles. The van der Waals surface area contributed by atoms with E-state index in [4.69, 9.17) is 14.2 Å². The Labute approximate surface area is 212 Å². The molecule has 0 saturated heterocycles. The van der Waals surface area contributed by atoms with Gasteiger partial charge in [-0.25, -0.2) is 17.8 Å². The number of nitrogens with zero attached hydrogens (tertiary/aromatic N) is 4. The first kappa shape index (κ1) is 25.9. The first-order valence-corrected chi connectivity index (χ1v) is 12.5. The number of rotatable bonds is 10. The molecule has 1 atom stereocenters. The number of sulfonamides is 1. The van der Waals surface area contributed by atoms with E-state index in [1.807, 2.05) is 0 Å². The average Bonchev–Trinajstić information content (AvgIpc) is 3.30. The van der Waals surface area contributed by atoms with Gasteiger partial charge >= 0.3 is 0 Å². The zero-order valence-electron chi connectivity index (χ0n) is 20.1. The number of hydrogen-bond acceptors (Lipinski definition) is 9. The van der Waals surface area contributed by atoms with Crippen molar-refractivity contribution in [2.45, 2.75) is 6.10 Å². The van der Waals surface area contributed by atoms with Crippen LogP contribution in [0.2, 0.25) is 0 Å². The summed E-state index contributed by atoms with van der Waals surface area (Å²) in [6.07, 6.45) is -1.42. The van der Waals surface area contributed by atoms with Gasteiger partial charge in [0.1, 0.15) is 28.7 Å². The number of nitrogens with one attached hydrogen (secondary N) is 1. The summed E-state index contributed by atoms with van der Waals surface area (Å²) >= 11 is 0. The zero-order chi connectivity index (χ0) is 26.6. The molecular weight excluding hydrogens is 505 g/mol. The van der Waals surface area contributed by atoms with Crippen LogP contribution in [0, 0.1) is 5.82 Å². The van der Waals surface area contributed by atoms with Crippen molar-refractivity contribution in [1.82, 2.24) is 19.7 Å². The Balaban J connectivity index is 1.80. The van der Waals surface area contributed by atoms with E-state index >= 15 is 0 Å². The first-order chi connectivity index (χ1) is 17.8.